The van der Waals surface area contributed by atoms with Gasteiger partial charge in [0.25, 0.3) is 0 Å². The molecule has 2 unspecified atom stereocenters. The molecular formula is C14H28N2O. The van der Waals surface area contributed by atoms with Crippen LogP contribution in [0.4, 0.5) is 0 Å². The fraction of sp³-hybridized carbons (Fsp3) is 1.00. The summed E-state index contributed by atoms with van der Waals surface area (Å²) < 4.78 is 5.53. The maximum absolute atomic E-state index is 5.98. The van der Waals surface area contributed by atoms with Gasteiger partial charge in [0, 0.05) is 25.2 Å². The maximum atomic E-state index is 5.98. The van der Waals surface area contributed by atoms with Crippen LogP contribution in [0.1, 0.15) is 51.4 Å². The van der Waals surface area contributed by atoms with E-state index in [4.69, 9.17) is 10.5 Å². The highest BCUT2D eigenvalue weighted by Crippen LogP contribution is 2.29. The number of rotatable bonds is 3. The van der Waals surface area contributed by atoms with Crippen molar-refractivity contribution in [1.29, 1.82) is 0 Å². The molecule has 0 radical (unpaired) electrons. The Morgan fingerprint density at radius 3 is 2.35 bits per heavy atom. The maximum Gasteiger partial charge on any atom is 0.0586 e. The normalized spacial score (nSPS) is 39.5. The Balaban J connectivity index is 1.84. The topological polar surface area (TPSA) is 38.5 Å². The summed E-state index contributed by atoms with van der Waals surface area (Å²) in [5.74, 6) is 0. The van der Waals surface area contributed by atoms with E-state index < -0.39 is 0 Å². The highest BCUT2D eigenvalue weighted by Gasteiger charge is 2.30. The second-order valence-electron chi connectivity index (χ2n) is 5.91. The van der Waals surface area contributed by atoms with Gasteiger partial charge in [0.2, 0.25) is 0 Å². The minimum atomic E-state index is 0.456. The van der Waals surface area contributed by atoms with Gasteiger partial charge in [-0.2, -0.15) is 0 Å². The van der Waals surface area contributed by atoms with Crippen LogP contribution < -0.4 is 5.73 Å². The van der Waals surface area contributed by atoms with Gasteiger partial charge in [0.1, 0.15) is 0 Å². The molecule has 0 amide bonds. The minimum Gasteiger partial charge on any atom is -0.381 e. The summed E-state index contributed by atoms with van der Waals surface area (Å²) in [6.07, 6.45) is 10.6. The fourth-order valence-electron chi connectivity index (χ4n) is 3.51. The third-order valence-electron chi connectivity index (χ3n) is 4.83. The molecule has 17 heavy (non-hydrogen) atoms. The van der Waals surface area contributed by atoms with Gasteiger partial charge in [-0.05, 0) is 58.4 Å². The van der Waals surface area contributed by atoms with Crippen LogP contribution in [0.15, 0.2) is 0 Å². The lowest BCUT2D eigenvalue weighted by atomic mass is 9.86. The third-order valence-corrected chi connectivity index (χ3v) is 4.83. The van der Waals surface area contributed by atoms with E-state index in [9.17, 15) is 0 Å². The van der Waals surface area contributed by atoms with Crippen LogP contribution >= 0.6 is 0 Å². The van der Waals surface area contributed by atoms with Crippen molar-refractivity contribution in [2.24, 2.45) is 5.73 Å². The summed E-state index contributed by atoms with van der Waals surface area (Å²) in [5, 5.41) is 0. The standard InChI is InChI=1S/C14H28N2O/c1-16(12-8-6-11(15)7-9-12)13-4-3-5-14(10-13)17-2/h11-14H,3-10,15H2,1-2H3. The van der Waals surface area contributed by atoms with E-state index in [-0.39, 0.29) is 0 Å². The van der Waals surface area contributed by atoms with E-state index >= 15 is 0 Å². The van der Waals surface area contributed by atoms with E-state index in [2.05, 4.69) is 11.9 Å². The van der Waals surface area contributed by atoms with Crippen LogP contribution in [0, 0.1) is 0 Å². The molecule has 2 atom stereocenters. The van der Waals surface area contributed by atoms with Crippen molar-refractivity contribution < 1.29 is 4.74 Å². The highest BCUT2D eigenvalue weighted by molar-refractivity contribution is 4.86. The van der Waals surface area contributed by atoms with E-state index in [1.807, 2.05) is 7.11 Å². The van der Waals surface area contributed by atoms with Gasteiger partial charge in [0.15, 0.2) is 0 Å². The molecule has 0 saturated heterocycles. The van der Waals surface area contributed by atoms with Crippen LogP contribution in [0.25, 0.3) is 0 Å². The molecule has 2 fully saturated rings. The van der Waals surface area contributed by atoms with Crippen molar-refractivity contribution in [2.75, 3.05) is 14.2 Å². The first kappa shape index (κ1) is 13.3. The molecule has 0 heterocycles. The van der Waals surface area contributed by atoms with Gasteiger partial charge in [-0.15, -0.1) is 0 Å². The van der Waals surface area contributed by atoms with Gasteiger partial charge in [-0.1, -0.05) is 0 Å². The number of nitrogens with zero attached hydrogens (tertiary/aromatic N) is 1. The van der Waals surface area contributed by atoms with E-state index in [0.29, 0.717) is 12.1 Å². The Kier molecular flexibility index (Phi) is 4.83. The van der Waals surface area contributed by atoms with Crippen LogP contribution in [0.5, 0.6) is 0 Å². The first-order chi connectivity index (χ1) is 8.20. The first-order valence-corrected chi connectivity index (χ1v) is 7.21. The fourth-order valence-corrected chi connectivity index (χ4v) is 3.51. The number of ether oxygens (including phenoxy) is 1. The zero-order valence-corrected chi connectivity index (χ0v) is 11.4. The minimum absolute atomic E-state index is 0.456. The molecule has 2 aliphatic rings. The Morgan fingerprint density at radius 1 is 1.00 bits per heavy atom. The van der Waals surface area contributed by atoms with Gasteiger partial charge >= 0.3 is 0 Å². The summed E-state index contributed by atoms with van der Waals surface area (Å²) >= 11 is 0. The SMILES string of the molecule is COC1CCCC(N(C)C2CCC(N)CC2)C1. The molecule has 2 aliphatic carbocycles. The number of hydrogen-bond acceptors (Lipinski definition) is 3. The smallest absolute Gasteiger partial charge is 0.0586 e. The Hall–Kier alpha value is -0.120. The molecule has 100 valence electrons. The zero-order chi connectivity index (χ0) is 12.3. The van der Waals surface area contributed by atoms with Crippen molar-refractivity contribution in [3.05, 3.63) is 0 Å². The molecule has 2 rings (SSSR count). The van der Waals surface area contributed by atoms with Gasteiger partial charge in [-0.25, -0.2) is 0 Å². The molecule has 2 saturated carbocycles. The van der Waals surface area contributed by atoms with Crippen LogP contribution in [-0.2, 0) is 4.74 Å². The lowest BCUT2D eigenvalue weighted by Crippen LogP contribution is -2.46. The molecule has 0 aliphatic heterocycles. The number of nitrogens with two attached hydrogens (primary N) is 1. The first-order valence-electron chi connectivity index (χ1n) is 7.21. The Labute approximate surface area is 106 Å². The molecule has 3 heteroatoms. The van der Waals surface area contributed by atoms with Crippen molar-refractivity contribution in [2.45, 2.75) is 75.6 Å². The predicted octanol–water partition coefficient (Wildman–Crippen LogP) is 2.15. The van der Waals surface area contributed by atoms with Crippen molar-refractivity contribution in [3.63, 3.8) is 0 Å². The molecule has 2 N–H and O–H groups in total. The van der Waals surface area contributed by atoms with Crippen molar-refractivity contribution in [1.82, 2.24) is 4.90 Å². The summed E-state index contributed by atoms with van der Waals surface area (Å²) in [6.45, 7) is 0. The van der Waals surface area contributed by atoms with Crippen molar-refractivity contribution >= 4 is 0 Å². The van der Waals surface area contributed by atoms with Crippen LogP contribution in [-0.4, -0.2) is 43.3 Å². The van der Waals surface area contributed by atoms with Crippen LogP contribution in [0.3, 0.4) is 0 Å². The molecule has 3 nitrogen and oxygen atoms in total. The van der Waals surface area contributed by atoms with Gasteiger partial charge < -0.3 is 15.4 Å². The van der Waals surface area contributed by atoms with E-state index in [0.717, 1.165) is 12.1 Å². The van der Waals surface area contributed by atoms with Crippen molar-refractivity contribution in [3.8, 4) is 0 Å². The average Bonchev–Trinajstić information content (AvgIpc) is 2.39. The van der Waals surface area contributed by atoms with Crippen LogP contribution in [0.2, 0.25) is 0 Å². The monoisotopic (exact) mass is 240 g/mol. The summed E-state index contributed by atoms with van der Waals surface area (Å²) in [7, 11) is 4.16. The molecule has 0 aromatic carbocycles. The predicted molar refractivity (Wildman–Crippen MR) is 71.0 cm³/mol. The number of methoxy groups -OCH3 is 1. The molecular weight excluding hydrogens is 212 g/mol. The largest absolute Gasteiger partial charge is 0.381 e. The Bertz CT molecular complexity index is 226. The molecule has 0 aromatic rings. The van der Waals surface area contributed by atoms with E-state index in [1.165, 1.54) is 51.4 Å². The molecule has 0 spiro atoms. The summed E-state index contributed by atoms with van der Waals surface area (Å²) in [4.78, 5) is 2.62. The zero-order valence-electron chi connectivity index (χ0n) is 11.4. The second-order valence-corrected chi connectivity index (χ2v) is 5.91. The Morgan fingerprint density at radius 2 is 1.71 bits per heavy atom. The lowest BCUT2D eigenvalue weighted by molar-refractivity contribution is 0.0177. The molecule has 0 aromatic heterocycles. The molecule has 0 bridgehead atoms. The quantitative estimate of drug-likeness (QED) is 0.821. The average molecular weight is 240 g/mol. The third kappa shape index (κ3) is 3.43. The summed E-state index contributed by atoms with van der Waals surface area (Å²) in [6, 6.07) is 1.95. The number of hydrogen-bond donors (Lipinski definition) is 1. The van der Waals surface area contributed by atoms with Gasteiger partial charge in [0.05, 0.1) is 6.10 Å². The second kappa shape index (κ2) is 6.17. The highest BCUT2D eigenvalue weighted by atomic mass is 16.5. The lowest BCUT2D eigenvalue weighted by Gasteiger charge is -2.41. The van der Waals surface area contributed by atoms with Gasteiger partial charge in [-0.3, -0.25) is 0 Å². The summed E-state index contributed by atoms with van der Waals surface area (Å²) in [5.41, 5.74) is 5.98. The van der Waals surface area contributed by atoms with E-state index in [1.54, 1.807) is 0 Å².